The van der Waals surface area contributed by atoms with Gasteiger partial charge in [-0.2, -0.15) is 10.5 Å². The summed E-state index contributed by atoms with van der Waals surface area (Å²) in [5.74, 6) is -0.548. The lowest BCUT2D eigenvalue weighted by atomic mass is 10.0. The van der Waals surface area contributed by atoms with Gasteiger partial charge in [0.15, 0.2) is 5.82 Å². The van der Waals surface area contributed by atoms with Crippen LogP contribution in [0.4, 0.5) is 10.1 Å². The smallest absolute Gasteiger partial charge is 0.151 e. The van der Waals surface area contributed by atoms with Crippen LogP contribution in [0, 0.1) is 28.5 Å². The first-order chi connectivity index (χ1) is 13.6. The molecule has 4 rings (SSSR count). The number of benzene rings is 1. The van der Waals surface area contributed by atoms with E-state index in [0.29, 0.717) is 54.1 Å². The lowest BCUT2D eigenvalue weighted by Gasteiger charge is -2.35. The molecule has 0 saturated carbocycles. The SMILES string of the molecule is N#CC[C@H]1CN(c2c(C#N)c(-c3cscn3)nc3c(F)cc(Cl)cc23)CCN1. The molecule has 1 N–H and O–H groups in total. The first-order valence-corrected chi connectivity index (χ1v) is 9.91. The number of nitriles is 2. The Labute approximate surface area is 169 Å². The molecule has 0 aliphatic carbocycles. The molecule has 3 aromatic rings. The molecule has 2 aromatic heterocycles. The Bertz CT molecular complexity index is 1120. The number of halogens is 2. The van der Waals surface area contributed by atoms with Gasteiger partial charge in [-0.25, -0.2) is 14.4 Å². The highest BCUT2D eigenvalue weighted by atomic mass is 35.5. The Morgan fingerprint density at radius 3 is 2.96 bits per heavy atom. The molecule has 1 atom stereocenters. The minimum absolute atomic E-state index is 0.0414. The molecule has 1 aromatic carbocycles. The number of pyridine rings is 1. The molecule has 0 bridgehead atoms. The van der Waals surface area contributed by atoms with Crippen molar-refractivity contribution in [3.8, 4) is 23.5 Å². The average Bonchev–Trinajstić information content (AvgIpc) is 3.21. The Balaban J connectivity index is 2.00. The first-order valence-electron chi connectivity index (χ1n) is 8.59. The van der Waals surface area contributed by atoms with Crippen molar-refractivity contribution >= 4 is 39.5 Å². The molecule has 0 spiro atoms. The number of rotatable bonds is 3. The summed E-state index contributed by atoms with van der Waals surface area (Å²) in [6, 6.07) is 7.22. The molecule has 1 aliphatic heterocycles. The van der Waals surface area contributed by atoms with Gasteiger partial charge in [0, 0.05) is 41.5 Å². The largest absolute Gasteiger partial charge is 0.367 e. The fourth-order valence-corrected chi connectivity index (χ4v) is 4.24. The van der Waals surface area contributed by atoms with Gasteiger partial charge in [-0.05, 0) is 12.1 Å². The van der Waals surface area contributed by atoms with E-state index >= 15 is 0 Å². The van der Waals surface area contributed by atoms with Crippen LogP contribution >= 0.6 is 22.9 Å². The zero-order valence-electron chi connectivity index (χ0n) is 14.6. The van der Waals surface area contributed by atoms with E-state index in [1.807, 2.05) is 4.90 Å². The lowest BCUT2D eigenvalue weighted by molar-refractivity contribution is 0.463. The van der Waals surface area contributed by atoms with Gasteiger partial charge in [0.25, 0.3) is 0 Å². The minimum Gasteiger partial charge on any atom is -0.367 e. The van der Waals surface area contributed by atoms with E-state index in [-0.39, 0.29) is 16.6 Å². The molecule has 28 heavy (non-hydrogen) atoms. The molecular formula is C19H14ClFN6S. The van der Waals surface area contributed by atoms with Crippen LogP contribution in [-0.2, 0) is 0 Å². The monoisotopic (exact) mass is 412 g/mol. The molecule has 6 nitrogen and oxygen atoms in total. The number of hydrogen-bond acceptors (Lipinski definition) is 7. The molecule has 3 heterocycles. The van der Waals surface area contributed by atoms with E-state index in [0.717, 1.165) is 0 Å². The van der Waals surface area contributed by atoms with Crippen molar-refractivity contribution in [1.82, 2.24) is 15.3 Å². The van der Waals surface area contributed by atoms with Crippen molar-refractivity contribution in [2.24, 2.45) is 0 Å². The quantitative estimate of drug-likeness (QED) is 0.705. The predicted octanol–water partition coefficient (Wildman–Crippen LogP) is 3.71. The standard InChI is InChI=1S/C19H14ClFN6S/c20-11-5-13-17(15(21)6-11)26-18(16-9-28-10-25-16)14(7-23)19(13)27-4-3-24-12(8-27)1-2-22/h5-6,9-10,12,24H,1,3-4,8H2/t12-/m0/s1. The number of hydrogen-bond donors (Lipinski definition) is 1. The molecule has 1 fully saturated rings. The zero-order chi connectivity index (χ0) is 19.7. The Morgan fingerprint density at radius 2 is 2.25 bits per heavy atom. The molecule has 1 saturated heterocycles. The number of piperazine rings is 1. The summed E-state index contributed by atoms with van der Waals surface area (Å²) in [5, 5.41) is 24.8. The Morgan fingerprint density at radius 1 is 1.39 bits per heavy atom. The third-order valence-corrected chi connectivity index (χ3v) is 5.48. The molecule has 1 aliphatic rings. The van der Waals surface area contributed by atoms with E-state index in [9.17, 15) is 9.65 Å². The Hall–Kier alpha value is -2.78. The second kappa shape index (κ2) is 7.69. The maximum atomic E-state index is 14.7. The second-order valence-corrected chi connectivity index (χ2v) is 7.57. The first kappa shape index (κ1) is 18.6. The van der Waals surface area contributed by atoms with Gasteiger partial charge in [0.1, 0.15) is 28.5 Å². The van der Waals surface area contributed by atoms with Crippen molar-refractivity contribution < 1.29 is 4.39 Å². The van der Waals surface area contributed by atoms with Crippen molar-refractivity contribution in [2.45, 2.75) is 12.5 Å². The molecule has 0 radical (unpaired) electrons. The fourth-order valence-electron chi connectivity index (χ4n) is 3.50. The predicted molar refractivity (Wildman–Crippen MR) is 107 cm³/mol. The number of anilines is 1. The zero-order valence-corrected chi connectivity index (χ0v) is 16.2. The van der Waals surface area contributed by atoms with Gasteiger partial charge < -0.3 is 10.2 Å². The van der Waals surface area contributed by atoms with Gasteiger partial charge in [0.2, 0.25) is 0 Å². The van der Waals surface area contributed by atoms with Crippen LogP contribution in [0.3, 0.4) is 0 Å². The number of fused-ring (bicyclic) bond motifs is 1. The molecule has 0 unspecified atom stereocenters. The Kier molecular flexibility index (Phi) is 5.10. The summed E-state index contributed by atoms with van der Waals surface area (Å²) in [6.45, 7) is 1.78. The lowest BCUT2D eigenvalue weighted by Crippen LogP contribution is -2.50. The van der Waals surface area contributed by atoms with Crippen LogP contribution in [0.5, 0.6) is 0 Å². The number of nitrogens with zero attached hydrogens (tertiary/aromatic N) is 5. The van der Waals surface area contributed by atoms with Crippen LogP contribution in [0.1, 0.15) is 12.0 Å². The number of nitrogens with one attached hydrogen (secondary N) is 1. The maximum absolute atomic E-state index is 14.7. The molecular weight excluding hydrogens is 399 g/mol. The highest BCUT2D eigenvalue weighted by Gasteiger charge is 2.27. The van der Waals surface area contributed by atoms with E-state index in [1.165, 1.54) is 17.4 Å². The third-order valence-electron chi connectivity index (χ3n) is 4.68. The topological polar surface area (TPSA) is 88.6 Å². The highest BCUT2D eigenvalue weighted by molar-refractivity contribution is 7.07. The van der Waals surface area contributed by atoms with Gasteiger partial charge in [-0.1, -0.05) is 11.6 Å². The van der Waals surface area contributed by atoms with Gasteiger partial charge in [-0.3, -0.25) is 0 Å². The highest BCUT2D eigenvalue weighted by Crippen LogP contribution is 2.38. The molecule has 9 heteroatoms. The van der Waals surface area contributed by atoms with E-state index in [2.05, 4.69) is 27.4 Å². The summed E-state index contributed by atoms with van der Waals surface area (Å²) in [7, 11) is 0. The van der Waals surface area contributed by atoms with Crippen molar-refractivity contribution in [3.05, 3.63) is 39.4 Å². The van der Waals surface area contributed by atoms with E-state index < -0.39 is 5.82 Å². The summed E-state index contributed by atoms with van der Waals surface area (Å²) >= 11 is 7.49. The molecule has 0 amide bonds. The summed E-state index contributed by atoms with van der Waals surface area (Å²) < 4.78 is 14.7. The summed E-state index contributed by atoms with van der Waals surface area (Å²) in [4.78, 5) is 10.7. The van der Waals surface area contributed by atoms with Crippen LogP contribution in [0.25, 0.3) is 22.3 Å². The van der Waals surface area contributed by atoms with E-state index in [1.54, 1.807) is 17.0 Å². The second-order valence-electron chi connectivity index (χ2n) is 6.41. The summed E-state index contributed by atoms with van der Waals surface area (Å²) in [5.41, 5.74) is 3.59. The molecule has 140 valence electrons. The van der Waals surface area contributed by atoms with Gasteiger partial charge in [-0.15, -0.1) is 11.3 Å². The van der Waals surface area contributed by atoms with Crippen molar-refractivity contribution in [3.63, 3.8) is 0 Å². The van der Waals surface area contributed by atoms with Crippen LogP contribution in [-0.4, -0.2) is 35.6 Å². The van der Waals surface area contributed by atoms with Crippen molar-refractivity contribution in [1.29, 1.82) is 10.5 Å². The normalized spacial score (nSPS) is 16.7. The third kappa shape index (κ3) is 3.27. The van der Waals surface area contributed by atoms with Crippen LogP contribution < -0.4 is 10.2 Å². The minimum atomic E-state index is -0.548. The summed E-state index contributed by atoms with van der Waals surface area (Å²) in [6.07, 6.45) is 0.343. The van der Waals surface area contributed by atoms with Crippen molar-refractivity contribution in [2.75, 3.05) is 24.5 Å². The van der Waals surface area contributed by atoms with E-state index in [4.69, 9.17) is 16.9 Å². The average molecular weight is 413 g/mol. The van der Waals surface area contributed by atoms with Gasteiger partial charge in [0.05, 0.1) is 23.7 Å². The van der Waals surface area contributed by atoms with Crippen LogP contribution in [0.15, 0.2) is 23.0 Å². The maximum Gasteiger partial charge on any atom is 0.151 e. The number of thiazole rings is 1. The van der Waals surface area contributed by atoms with Crippen LogP contribution in [0.2, 0.25) is 5.02 Å². The number of aromatic nitrogens is 2. The van der Waals surface area contributed by atoms with Gasteiger partial charge >= 0.3 is 0 Å². The fraction of sp³-hybridized carbons (Fsp3) is 0.263.